The van der Waals surface area contributed by atoms with Crippen molar-refractivity contribution in [1.82, 2.24) is 0 Å². The van der Waals surface area contributed by atoms with Crippen molar-refractivity contribution in [3.05, 3.63) is 59.4 Å². The van der Waals surface area contributed by atoms with E-state index in [4.69, 9.17) is 0 Å². The van der Waals surface area contributed by atoms with Gasteiger partial charge in [-0.1, -0.05) is 17.7 Å². The molecule has 0 heterocycles. The zero-order valence-corrected chi connectivity index (χ0v) is 13.9. The van der Waals surface area contributed by atoms with Crippen molar-refractivity contribution in [2.75, 3.05) is 10.6 Å². The summed E-state index contributed by atoms with van der Waals surface area (Å²) in [5, 5.41) is 4.70. The third-order valence-corrected chi connectivity index (χ3v) is 3.73. The van der Waals surface area contributed by atoms with Crippen LogP contribution >= 0.6 is 0 Å². The maximum atomic E-state index is 13.7. The predicted octanol–water partition coefficient (Wildman–Crippen LogP) is 4.02. The summed E-state index contributed by atoms with van der Waals surface area (Å²) in [6.07, 6.45) is 0. The lowest BCUT2D eigenvalue weighted by Gasteiger charge is -2.23. The highest BCUT2D eigenvalue weighted by Crippen LogP contribution is 2.24. The first-order valence-corrected chi connectivity index (χ1v) is 7.46. The highest BCUT2D eigenvalue weighted by Gasteiger charge is 2.36. The molecule has 0 saturated heterocycles. The average Bonchev–Trinajstić information content (AvgIpc) is 2.57. The largest absolute Gasteiger partial charge is 0.325 e. The monoisotopic (exact) mass is 350 g/mol. The highest BCUT2D eigenvalue weighted by atomic mass is 19.2. The average molecular weight is 350 g/mol. The maximum absolute atomic E-state index is 13.7. The second kappa shape index (κ2) is 6.96. The molecule has 4 nitrogen and oxygen atoms in total. The van der Waals surface area contributed by atoms with Crippen LogP contribution in [0.2, 0.25) is 0 Å². The predicted molar refractivity (Wildman–Crippen MR) is 88.5 cm³/mol. The third-order valence-electron chi connectivity index (χ3n) is 3.73. The molecule has 2 rings (SSSR count). The molecule has 25 heavy (non-hydrogen) atoms. The van der Waals surface area contributed by atoms with Crippen LogP contribution in [0.1, 0.15) is 19.4 Å². The zero-order chi connectivity index (χ0) is 18.8. The van der Waals surface area contributed by atoms with Gasteiger partial charge in [-0.3, -0.25) is 9.59 Å². The van der Waals surface area contributed by atoms with Crippen LogP contribution in [0.4, 0.5) is 24.5 Å². The van der Waals surface area contributed by atoms with Crippen molar-refractivity contribution in [3.8, 4) is 0 Å². The van der Waals surface area contributed by atoms with E-state index in [1.165, 1.54) is 13.8 Å². The van der Waals surface area contributed by atoms with Gasteiger partial charge in [-0.25, -0.2) is 13.2 Å². The topological polar surface area (TPSA) is 58.2 Å². The second-order valence-electron chi connectivity index (χ2n) is 6.12. The van der Waals surface area contributed by atoms with Crippen LogP contribution in [-0.2, 0) is 9.59 Å². The summed E-state index contributed by atoms with van der Waals surface area (Å²) in [5.41, 5.74) is -0.623. The van der Waals surface area contributed by atoms with E-state index in [-0.39, 0.29) is 0 Å². The summed E-state index contributed by atoms with van der Waals surface area (Å²) < 4.78 is 39.8. The number of nitrogens with one attached hydrogen (secondary N) is 2. The number of rotatable bonds is 4. The number of anilines is 2. The van der Waals surface area contributed by atoms with E-state index in [1.54, 1.807) is 24.3 Å². The number of aryl methyl sites for hydroxylation is 1. The SMILES string of the molecule is Cc1ccc(NC(=O)C(C)(C)C(=O)Nc2ccc(F)c(F)c2F)cc1. The number of carbonyl (C=O) groups is 2. The molecule has 0 spiro atoms. The minimum atomic E-state index is -1.69. The number of hydrogen-bond donors (Lipinski definition) is 2. The van der Waals surface area contributed by atoms with E-state index in [2.05, 4.69) is 10.6 Å². The van der Waals surface area contributed by atoms with Gasteiger partial charge in [0.15, 0.2) is 17.5 Å². The summed E-state index contributed by atoms with van der Waals surface area (Å²) in [7, 11) is 0. The van der Waals surface area contributed by atoms with Crippen LogP contribution in [0.15, 0.2) is 36.4 Å². The molecule has 132 valence electrons. The Morgan fingerprint density at radius 1 is 0.840 bits per heavy atom. The summed E-state index contributed by atoms with van der Waals surface area (Å²) in [6, 6.07) is 8.51. The molecule has 2 aromatic carbocycles. The fraction of sp³-hybridized carbons (Fsp3) is 0.222. The maximum Gasteiger partial charge on any atom is 0.239 e. The summed E-state index contributed by atoms with van der Waals surface area (Å²) in [6.45, 7) is 4.56. The van der Waals surface area contributed by atoms with Gasteiger partial charge in [-0.05, 0) is 45.0 Å². The van der Waals surface area contributed by atoms with Crippen molar-refractivity contribution in [2.45, 2.75) is 20.8 Å². The van der Waals surface area contributed by atoms with Crippen molar-refractivity contribution in [2.24, 2.45) is 5.41 Å². The van der Waals surface area contributed by atoms with Gasteiger partial charge in [-0.2, -0.15) is 0 Å². The van der Waals surface area contributed by atoms with Crippen LogP contribution in [-0.4, -0.2) is 11.8 Å². The van der Waals surface area contributed by atoms with Gasteiger partial charge < -0.3 is 10.6 Å². The summed E-state index contributed by atoms with van der Waals surface area (Å²) in [5.74, 6) is -6.08. The Kier molecular flexibility index (Phi) is 5.15. The molecule has 0 aromatic heterocycles. The third kappa shape index (κ3) is 3.99. The molecular weight excluding hydrogens is 333 g/mol. The van der Waals surface area contributed by atoms with Gasteiger partial charge >= 0.3 is 0 Å². The fourth-order valence-electron chi connectivity index (χ4n) is 1.93. The van der Waals surface area contributed by atoms with E-state index in [9.17, 15) is 22.8 Å². The van der Waals surface area contributed by atoms with E-state index in [1.807, 2.05) is 6.92 Å². The Morgan fingerprint density at radius 2 is 1.40 bits per heavy atom. The Morgan fingerprint density at radius 3 is 2.00 bits per heavy atom. The van der Waals surface area contributed by atoms with Gasteiger partial charge in [0.2, 0.25) is 11.8 Å². The molecule has 2 aromatic rings. The molecule has 0 aliphatic heterocycles. The minimum Gasteiger partial charge on any atom is -0.325 e. The number of carbonyl (C=O) groups excluding carboxylic acids is 2. The van der Waals surface area contributed by atoms with E-state index in [0.29, 0.717) is 11.8 Å². The van der Waals surface area contributed by atoms with Gasteiger partial charge in [0, 0.05) is 5.69 Å². The van der Waals surface area contributed by atoms with Crippen molar-refractivity contribution in [3.63, 3.8) is 0 Å². The fourth-order valence-corrected chi connectivity index (χ4v) is 1.93. The standard InChI is InChI=1S/C18H17F3N2O2/c1-10-4-6-11(7-5-10)22-16(24)18(2,3)17(25)23-13-9-8-12(19)14(20)15(13)21/h4-9H,1-3H3,(H,22,24)(H,23,25). The Labute approximate surface area is 143 Å². The first kappa shape index (κ1) is 18.5. The Balaban J connectivity index is 2.15. The molecule has 0 radical (unpaired) electrons. The lowest BCUT2D eigenvalue weighted by molar-refractivity contribution is -0.135. The first-order chi connectivity index (χ1) is 11.6. The molecular formula is C18H17F3N2O2. The number of hydrogen-bond acceptors (Lipinski definition) is 2. The number of amides is 2. The molecule has 0 unspecified atom stereocenters. The Bertz CT molecular complexity index is 818. The molecule has 0 bridgehead atoms. The summed E-state index contributed by atoms with van der Waals surface area (Å²) >= 11 is 0. The zero-order valence-electron chi connectivity index (χ0n) is 13.9. The Hall–Kier alpha value is -2.83. The molecule has 0 atom stereocenters. The summed E-state index contributed by atoms with van der Waals surface area (Å²) in [4.78, 5) is 24.7. The van der Waals surface area contributed by atoms with Crippen LogP contribution in [0.5, 0.6) is 0 Å². The molecule has 2 N–H and O–H groups in total. The van der Waals surface area contributed by atoms with E-state index >= 15 is 0 Å². The van der Waals surface area contributed by atoms with Crippen molar-refractivity contribution < 1.29 is 22.8 Å². The van der Waals surface area contributed by atoms with E-state index < -0.39 is 40.4 Å². The quantitative estimate of drug-likeness (QED) is 0.646. The van der Waals surface area contributed by atoms with Crippen molar-refractivity contribution in [1.29, 1.82) is 0 Å². The smallest absolute Gasteiger partial charge is 0.239 e. The minimum absolute atomic E-state index is 0.496. The van der Waals surface area contributed by atoms with Crippen LogP contribution in [0.25, 0.3) is 0 Å². The first-order valence-electron chi connectivity index (χ1n) is 7.46. The molecule has 7 heteroatoms. The van der Waals surface area contributed by atoms with Crippen LogP contribution in [0.3, 0.4) is 0 Å². The lowest BCUT2D eigenvalue weighted by atomic mass is 9.90. The lowest BCUT2D eigenvalue weighted by Crippen LogP contribution is -2.41. The number of benzene rings is 2. The van der Waals surface area contributed by atoms with Crippen molar-refractivity contribution >= 4 is 23.2 Å². The second-order valence-corrected chi connectivity index (χ2v) is 6.12. The molecule has 0 aliphatic rings. The van der Waals surface area contributed by atoms with Gasteiger partial charge in [-0.15, -0.1) is 0 Å². The highest BCUT2D eigenvalue weighted by molar-refractivity contribution is 6.14. The van der Waals surface area contributed by atoms with Gasteiger partial charge in [0.05, 0.1) is 5.69 Å². The van der Waals surface area contributed by atoms with Crippen LogP contribution in [0, 0.1) is 29.8 Å². The van der Waals surface area contributed by atoms with E-state index in [0.717, 1.165) is 11.6 Å². The molecule has 0 aliphatic carbocycles. The molecule has 0 saturated carbocycles. The van der Waals surface area contributed by atoms with Gasteiger partial charge in [0.1, 0.15) is 5.41 Å². The number of halogens is 3. The van der Waals surface area contributed by atoms with Gasteiger partial charge in [0.25, 0.3) is 0 Å². The normalized spacial score (nSPS) is 11.1. The molecule has 0 fully saturated rings. The van der Waals surface area contributed by atoms with Crippen LogP contribution < -0.4 is 10.6 Å². The molecule has 2 amide bonds.